The molecule has 7 heteroatoms. The molecule has 1 aliphatic rings. The second-order valence-electron chi connectivity index (χ2n) is 7.74. The predicted molar refractivity (Wildman–Crippen MR) is 103 cm³/mol. The third kappa shape index (κ3) is 4.14. The quantitative estimate of drug-likeness (QED) is 0.582. The average Bonchev–Trinajstić information content (AvgIpc) is 2.92. The minimum absolute atomic E-state index is 0.0804. The van der Waals surface area contributed by atoms with Gasteiger partial charge in [-0.2, -0.15) is 5.10 Å². The summed E-state index contributed by atoms with van der Waals surface area (Å²) in [4.78, 5) is 14.3. The summed E-state index contributed by atoms with van der Waals surface area (Å²) in [6.45, 7) is 8.58. The van der Waals surface area contributed by atoms with Crippen molar-refractivity contribution in [2.24, 2.45) is 0 Å². The van der Waals surface area contributed by atoms with E-state index in [-0.39, 0.29) is 5.91 Å². The summed E-state index contributed by atoms with van der Waals surface area (Å²) in [7, 11) is 0.675. The lowest BCUT2D eigenvalue weighted by Crippen LogP contribution is -2.25. The first-order valence-electron chi connectivity index (χ1n) is 8.44. The van der Waals surface area contributed by atoms with Gasteiger partial charge < -0.3 is 9.64 Å². The maximum absolute atomic E-state index is 12.6. The summed E-state index contributed by atoms with van der Waals surface area (Å²) in [5.74, 6) is -0.0804. The zero-order valence-corrected chi connectivity index (χ0v) is 16.9. The molecule has 1 amide bonds. The molecule has 5 nitrogen and oxygen atoms in total. The lowest BCUT2D eigenvalue weighted by atomic mass is 10.0. The van der Waals surface area contributed by atoms with Crippen molar-refractivity contribution < 1.29 is 9.53 Å². The van der Waals surface area contributed by atoms with Gasteiger partial charge >= 0.3 is 0 Å². The molecular formula is C18H24ClN3O2Si. The van der Waals surface area contributed by atoms with E-state index in [0.717, 1.165) is 29.3 Å². The van der Waals surface area contributed by atoms with E-state index in [2.05, 4.69) is 24.7 Å². The maximum atomic E-state index is 12.6. The number of halogens is 1. The third-order valence-corrected chi connectivity index (χ3v) is 6.24. The molecule has 2 aromatic rings. The molecule has 134 valence electrons. The monoisotopic (exact) mass is 377 g/mol. The van der Waals surface area contributed by atoms with Crippen LogP contribution in [0.4, 0.5) is 0 Å². The van der Waals surface area contributed by atoms with Crippen LogP contribution in [0.25, 0.3) is 11.1 Å². The molecule has 2 heterocycles. The molecule has 0 fully saturated rings. The fraction of sp³-hybridized carbons (Fsp3) is 0.444. The van der Waals surface area contributed by atoms with Gasteiger partial charge in [-0.3, -0.25) is 4.79 Å². The van der Waals surface area contributed by atoms with Crippen molar-refractivity contribution in [3.8, 4) is 11.1 Å². The summed E-state index contributed by atoms with van der Waals surface area (Å²) in [6.07, 6.45) is 1.88. The smallest absolute Gasteiger partial charge is 0.275 e. The molecule has 0 radical (unpaired) electrons. The van der Waals surface area contributed by atoms with Crippen molar-refractivity contribution in [2.75, 3.05) is 13.7 Å². The maximum Gasteiger partial charge on any atom is 0.275 e. The largest absolute Gasteiger partial charge is 0.360 e. The summed E-state index contributed by atoms with van der Waals surface area (Å²) < 4.78 is 7.47. The standard InChI is InChI=1S/C18H24ClN3O2Si/c1-21-10-13-5-6-14(19)9-15(13)16-11-22(20-17(16)18(21)23)12-24-7-8-25(2,3)4/h5-6,9,11H,7-8,10,12H2,1-4H3. The number of aromatic nitrogens is 2. The van der Waals surface area contributed by atoms with Gasteiger partial charge in [0.25, 0.3) is 5.91 Å². The van der Waals surface area contributed by atoms with Crippen molar-refractivity contribution in [2.45, 2.75) is 39.0 Å². The zero-order chi connectivity index (χ0) is 18.2. The number of rotatable bonds is 5. The number of ether oxygens (including phenoxy) is 1. The number of hydrogen-bond acceptors (Lipinski definition) is 3. The molecule has 25 heavy (non-hydrogen) atoms. The summed E-state index contributed by atoms with van der Waals surface area (Å²) in [6, 6.07) is 6.83. The van der Waals surface area contributed by atoms with Crippen LogP contribution in [0.3, 0.4) is 0 Å². The van der Waals surface area contributed by atoms with E-state index < -0.39 is 8.07 Å². The number of carbonyl (C=O) groups excluding carboxylic acids is 1. The highest BCUT2D eigenvalue weighted by Crippen LogP contribution is 2.33. The van der Waals surface area contributed by atoms with Crippen LogP contribution >= 0.6 is 11.6 Å². The van der Waals surface area contributed by atoms with Crippen molar-refractivity contribution in [3.05, 3.63) is 40.7 Å². The molecule has 0 N–H and O–H groups in total. The van der Waals surface area contributed by atoms with Gasteiger partial charge in [-0.05, 0) is 29.3 Å². The Morgan fingerprint density at radius 3 is 2.76 bits per heavy atom. The molecule has 1 aliphatic heterocycles. The second-order valence-corrected chi connectivity index (χ2v) is 13.8. The predicted octanol–water partition coefficient (Wildman–Crippen LogP) is 4.10. The topological polar surface area (TPSA) is 47.4 Å². The third-order valence-electron chi connectivity index (χ3n) is 4.30. The van der Waals surface area contributed by atoms with Crippen LogP contribution in [0.1, 0.15) is 16.1 Å². The van der Waals surface area contributed by atoms with Gasteiger partial charge in [0, 0.05) is 45.1 Å². The Balaban J connectivity index is 1.86. The van der Waals surface area contributed by atoms with Gasteiger partial charge in [0.2, 0.25) is 0 Å². The van der Waals surface area contributed by atoms with Gasteiger partial charge in [-0.15, -0.1) is 0 Å². The molecule has 0 spiro atoms. The van der Waals surface area contributed by atoms with Crippen LogP contribution in [0.5, 0.6) is 0 Å². The Labute approximate surface area is 154 Å². The minimum Gasteiger partial charge on any atom is -0.360 e. The van der Waals surface area contributed by atoms with Crippen molar-refractivity contribution in [3.63, 3.8) is 0 Å². The van der Waals surface area contributed by atoms with E-state index in [1.807, 2.05) is 24.4 Å². The first-order valence-corrected chi connectivity index (χ1v) is 12.5. The van der Waals surface area contributed by atoms with Crippen LogP contribution < -0.4 is 0 Å². The van der Waals surface area contributed by atoms with Crippen molar-refractivity contribution in [1.82, 2.24) is 14.7 Å². The number of hydrogen-bond donors (Lipinski definition) is 0. The number of nitrogens with zero attached hydrogens (tertiary/aromatic N) is 3. The summed E-state index contributed by atoms with van der Waals surface area (Å²) >= 11 is 6.17. The summed E-state index contributed by atoms with van der Waals surface area (Å²) in [5.41, 5.74) is 3.31. The Bertz CT molecular complexity index is 798. The molecule has 0 saturated carbocycles. The van der Waals surface area contributed by atoms with Gasteiger partial charge in [-0.1, -0.05) is 37.3 Å². The highest BCUT2D eigenvalue weighted by molar-refractivity contribution is 6.76. The van der Waals surface area contributed by atoms with E-state index in [1.54, 1.807) is 16.6 Å². The van der Waals surface area contributed by atoms with E-state index in [9.17, 15) is 4.79 Å². The molecule has 1 aromatic carbocycles. The normalized spacial score (nSPS) is 14.3. The molecule has 1 aromatic heterocycles. The molecule has 0 atom stereocenters. The lowest BCUT2D eigenvalue weighted by Gasteiger charge is -2.15. The first-order chi connectivity index (χ1) is 11.7. The Hall–Kier alpha value is -1.63. The molecule has 0 saturated heterocycles. The highest BCUT2D eigenvalue weighted by Gasteiger charge is 2.27. The van der Waals surface area contributed by atoms with E-state index in [4.69, 9.17) is 16.3 Å². The zero-order valence-electron chi connectivity index (χ0n) is 15.2. The molecular weight excluding hydrogens is 354 g/mol. The molecule has 3 rings (SSSR count). The van der Waals surface area contributed by atoms with Gasteiger partial charge in [0.15, 0.2) is 5.69 Å². The fourth-order valence-corrected chi connectivity index (χ4v) is 3.75. The first kappa shape index (κ1) is 18.2. The van der Waals surface area contributed by atoms with Crippen LogP contribution in [-0.4, -0.2) is 42.3 Å². The van der Waals surface area contributed by atoms with Gasteiger partial charge in [0.05, 0.1) is 0 Å². The molecule has 0 aliphatic carbocycles. The van der Waals surface area contributed by atoms with Gasteiger partial charge in [-0.25, -0.2) is 4.68 Å². The van der Waals surface area contributed by atoms with Gasteiger partial charge in [0.1, 0.15) is 6.73 Å². The highest BCUT2D eigenvalue weighted by atomic mass is 35.5. The van der Waals surface area contributed by atoms with Crippen LogP contribution in [0.15, 0.2) is 24.4 Å². The van der Waals surface area contributed by atoms with Crippen LogP contribution in [-0.2, 0) is 18.0 Å². The van der Waals surface area contributed by atoms with Crippen molar-refractivity contribution in [1.29, 1.82) is 0 Å². The second kappa shape index (κ2) is 6.94. The molecule has 0 unspecified atom stereocenters. The number of benzene rings is 1. The van der Waals surface area contributed by atoms with Crippen LogP contribution in [0, 0.1) is 0 Å². The SMILES string of the molecule is CN1Cc2ccc(Cl)cc2-c2cn(COCC[Si](C)(C)C)nc2C1=O. The summed E-state index contributed by atoms with van der Waals surface area (Å²) in [5, 5.41) is 5.13. The minimum atomic E-state index is -1.12. The average molecular weight is 378 g/mol. The van der Waals surface area contributed by atoms with E-state index in [0.29, 0.717) is 24.0 Å². The molecule has 0 bridgehead atoms. The fourth-order valence-electron chi connectivity index (χ4n) is 2.82. The Morgan fingerprint density at radius 2 is 2.04 bits per heavy atom. The van der Waals surface area contributed by atoms with E-state index >= 15 is 0 Å². The number of carbonyl (C=O) groups is 1. The lowest BCUT2D eigenvalue weighted by molar-refractivity contribution is 0.0738. The Kier molecular flexibility index (Phi) is 5.04. The van der Waals surface area contributed by atoms with Crippen molar-refractivity contribution >= 4 is 25.6 Å². The number of fused-ring (bicyclic) bond motifs is 3. The Morgan fingerprint density at radius 1 is 1.28 bits per heavy atom. The number of amides is 1. The van der Waals surface area contributed by atoms with Crippen LogP contribution in [0.2, 0.25) is 30.7 Å². The van der Waals surface area contributed by atoms with E-state index in [1.165, 1.54) is 0 Å².